The zero-order chi connectivity index (χ0) is 16.4. The summed E-state index contributed by atoms with van der Waals surface area (Å²) < 4.78 is 3.53. The van der Waals surface area contributed by atoms with Gasteiger partial charge < -0.3 is 4.57 Å². The van der Waals surface area contributed by atoms with Crippen LogP contribution < -0.4 is 0 Å². The zero-order valence-corrected chi connectivity index (χ0v) is 15.5. The molecule has 0 atom stereocenters. The van der Waals surface area contributed by atoms with Gasteiger partial charge in [-0.15, -0.1) is 0 Å². The first-order chi connectivity index (χ1) is 11.8. The van der Waals surface area contributed by atoms with Crippen molar-refractivity contribution in [2.45, 2.75) is 45.1 Å². The molecule has 4 rings (SSSR count). The second-order valence-corrected chi connectivity index (χ2v) is 7.70. The third-order valence-corrected chi connectivity index (χ3v) is 5.95. The molecule has 0 saturated heterocycles. The molecular weight excluding hydrogens is 360 g/mol. The van der Waals surface area contributed by atoms with Crippen molar-refractivity contribution in [3.05, 3.63) is 53.0 Å². The summed E-state index contributed by atoms with van der Waals surface area (Å²) in [6.07, 6.45) is 8.30. The molecule has 2 aromatic carbocycles. The van der Waals surface area contributed by atoms with Gasteiger partial charge >= 0.3 is 0 Å². The number of aryl methyl sites for hydroxylation is 1. The zero-order valence-electron chi connectivity index (χ0n) is 13.9. The fourth-order valence-corrected chi connectivity index (χ4v) is 4.40. The molecule has 124 valence electrons. The predicted molar refractivity (Wildman–Crippen MR) is 104 cm³/mol. The quantitative estimate of drug-likeness (QED) is 0.507. The second kappa shape index (κ2) is 7.10. The maximum atomic E-state index is 4.94. The van der Waals surface area contributed by atoms with Crippen molar-refractivity contribution in [1.29, 1.82) is 0 Å². The van der Waals surface area contributed by atoms with Crippen LogP contribution in [0.25, 0.3) is 22.4 Å². The van der Waals surface area contributed by atoms with Crippen LogP contribution in [0.3, 0.4) is 0 Å². The molecule has 2 nitrogen and oxygen atoms in total. The molecule has 1 aliphatic carbocycles. The molecule has 1 aliphatic rings. The van der Waals surface area contributed by atoms with Crippen molar-refractivity contribution in [2.24, 2.45) is 5.92 Å². The largest absolute Gasteiger partial charge is 0.324 e. The number of hydrogen-bond acceptors (Lipinski definition) is 1. The van der Waals surface area contributed by atoms with Gasteiger partial charge in [0.2, 0.25) is 0 Å². The highest BCUT2D eigenvalue weighted by molar-refractivity contribution is 9.10. The Morgan fingerprint density at radius 3 is 2.54 bits per heavy atom. The van der Waals surface area contributed by atoms with E-state index in [0.717, 1.165) is 28.3 Å². The van der Waals surface area contributed by atoms with Gasteiger partial charge in [0.25, 0.3) is 0 Å². The molecule has 3 aromatic rings. The third kappa shape index (κ3) is 3.14. The van der Waals surface area contributed by atoms with E-state index in [0.29, 0.717) is 0 Å². The standard InChI is InChI=1S/C21H23BrN2/c22-18-11-5-4-10-17(18)21-23-19-12-6-7-13-20(19)24(21)15-14-16-8-2-1-3-9-16/h4-7,10-13,16H,1-3,8-9,14-15H2. The summed E-state index contributed by atoms with van der Waals surface area (Å²) in [5, 5.41) is 0. The van der Waals surface area contributed by atoms with Crippen molar-refractivity contribution in [3.63, 3.8) is 0 Å². The molecule has 0 bridgehead atoms. The minimum Gasteiger partial charge on any atom is -0.324 e. The Hall–Kier alpha value is -1.61. The maximum Gasteiger partial charge on any atom is 0.142 e. The monoisotopic (exact) mass is 382 g/mol. The summed E-state index contributed by atoms with van der Waals surface area (Å²) in [7, 11) is 0. The molecule has 0 aliphatic heterocycles. The first-order valence-corrected chi connectivity index (χ1v) is 9.82. The van der Waals surface area contributed by atoms with E-state index in [1.807, 2.05) is 0 Å². The van der Waals surface area contributed by atoms with Crippen LogP contribution in [0.15, 0.2) is 53.0 Å². The van der Waals surface area contributed by atoms with Gasteiger partial charge in [-0.1, -0.05) is 78.4 Å². The Balaban J connectivity index is 1.71. The lowest BCUT2D eigenvalue weighted by molar-refractivity contribution is 0.326. The summed E-state index contributed by atoms with van der Waals surface area (Å²) in [6.45, 7) is 1.06. The summed E-state index contributed by atoms with van der Waals surface area (Å²) in [5.41, 5.74) is 3.52. The summed E-state index contributed by atoms with van der Waals surface area (Å²) in [4.78, 5) is 4.94. The average molecular weight is 383 g/mol. The van der Waals surface area contributed by atoms with Crippen molar-refractivity contribution < 1.29 is 0 Å². The molecule has 0 unspecified atom stereocenters. The second-order valence-electron chi connectivity index (χ2n) is 6.85. The summed E-state index contributed by atoms with van der Waals surface area (Å²) >= 11 is 3.70. The predicted octanol–water partition coefficient (Wildman–Crippen LogP) is 6.44. The summed E-state index contributed by atoms with van der Waals surface area (Å²) in [6, 6.07) is 16.9. The van der Waals surface area contributed by atoms with E-state index in [9.17, 15) is 0 Å². The minimum atomic E-state index is 0.881. The number of rotatable bonds is 4. The SMILES string of the molecule is Brc1ccccc1-c1nc2ccccc2n1CCC1CCCCC1. The highest BCUT2D eigenvalue weighted by atomic mass is 79.9. The molecule has 1 saturated carbocycles. The number of benzene rings is 2. The highest BCUT2D eigenvalue weighted by Crippen LogP contribution is 2.32. The van der Waals surface area contributed by atoms with Crippen LogP contribution in [0.2, 0.25) is 0 Å². The molecule has 1 aromatic heterocycles. The fraction of sp³-hybridized carbons (Fsp3) is 0.381. The van der Waals surface area contributed by atoms with Gasteiger partial charge in [-0.25, -0.2) is 4.98 Å². The Morgan fingerprint density at radius 1 is 0.958 bits per heavy atom. The average Bonchev–Trinajstić information content (AvgIpc) is 2.99. The number of imidazole rings is 1. The Kier molecular flexibility index (Phi) is 4.70. The van der Waals surface area contributed by atoms with E-state index in [2.05, 4.69) is 69.0 Å². The number of halogens is 1. The van der Waals surface area contributed by atoms with E-state index < -0.39 is 0 Å². The summed E-state index contributed by atoms with van der Waals surface area (Å²) in [5.74, 6) is 1.96. The number of nitrogens with zero attached hydrogens (tertiary/aromatic N) is 2. The molecular formula is C21H23BrN2. The van der Waals surface area contributed by atoms with Gasteiger partial charge in [0.05, 0.1) is 11.0 Å². The number of para-hydroxylation sites is 2. The van der Waals surface area contributed by atoms with E-state index in [4.69, 9.17) is 4.98 Å². The lowest BCUT2D eigenvalue weighted by atomic mass is 9.87. The van der Waals surface area contributed by atoms with Crippen molar-refractivity contribution in [1.82, 2.24) is 9.55 Å². The number of aromatic nitrogens is 2. The van der Waals surface area contributed by atoms with Gasteiger partial charge in [0.1, 0.15) is 5.82 Å². The molecule has 1 heterocycles. The molecule has 1 fully saturated rings. The fourth-order valence-electron chi connectivity index (χ4n) is 3.94. The van der Waals surface area contributed by atoms with Crippen molar-refractivity contribution >= 4 is 27.0 Å². The van der Waals surface area contributed by atoms with Gasteiger partial charge in [0, 0.05) is 16.6 Å². The number of hydrogen-bond donors (Lipinski definition) is 0. The molecule has 0 N–H and O–H groups in total. The van der Waals surface area contributed by atoms with Crippen LogP contribution in [0.4, 0.5) is 0 Å². The first kappa shape index (κ1) is 15.9. The molecule has 24 heavy (non-hydrogen) atoms. The first-order valence-electron chi connectivity index (χ1n) is 9.03. The number of fused-ring (bicyclic) bond motifs is 1. The minimum absolute atomic E-state index is 0.881. The van der Waals surface area contributed by atoms with Crippen LogP contribution in [0.5, 0.6) is 0 Å². The lowest BCUT2D eigenvalue weighted by Crippen LogP contribution is -2.11. The normalized spacial score (nSPS) is 15.9. The Labute approximate surface area is 152 Å². The van der Waals surface area contributed by atoms with Gasteiger partial charge in [0.15, 0.2) is 0 Å². The Bertz CT molecular complexity index is 831. The lowest BCUT2D eigenvalue weighted by Gasteiger charge is -2.22. The van der Waals surface area contributed by atoms with Crippen LogP contribution in [-0.4, -0.2) is 9.55 Å². The van der Waals surface area contributed by atoms with Crippen LogP contribution >= 0.6 is 15.9 Å². The van der Waals surface area contributed by atoms with Gasteiger partial charge in [-0.2, -0.15) is 0 Å². The molecule has 0 amide bonds. The van der Waals surface area contributed by atoms with E-state index >= 15 is 0 Å². The smallest absolute Gasteiger partial charge is 0.142 e. The topological polar surface area (TPSA) is 17.8 Å². The van der Waals surface area contributed by atoms with Crippen LogP contribution in [-0.2, 0) is 6.54 Å². The Morgan fingerprint density at radius 2 is 1.71 bits per heavy atom. The van der Waals surface area contributed by atoms with Crippen LogP contribution in [0.1, 0.15) is 38.5 Å². The van der Waals surface area contributed by atoms with Crippen molar-refractivity contribution in [3.8, 4) is 11.4 Å². The van der Waals surface area contributed by atoms with Gasteiger partial charge in [-0.3, -0.25) is 0 Å². The van der Waals surface area contributed by atoms with E-state index in [1.165, 1.54) is 49.6 Å². The van der Waals surface area contributed by atoms with Crippen LogP contribution in [0, 0.1) is 5.92 Å². The van der Waals surface area contributed by atoms with E-state index in [1.54, 1.807) is 0 Å². The van der Waals surface area contributed by atoms with E-state index in [-0.39, 0.29) is 0 Å². The molecule has 3 heteroatoms. The highest BCUT2D eigenvalue weighted by Gasteiger charge is 2.17. The molecule has 0 radical (unpaired) electrons. The van der Waals surface area contributed by atoms with Crippen molar-refractivity contribution in [2.75, 3.05) is 0 Å². The van der Waals surface area contributed by atoms with Gasteiger partial charge in [-0.05, 0) is 30.5 Å². The third-order valence-electron chi connectivity index (χ3n) is 5.26. The maximum absolute atomic E-state index is 4.94. The molecule has 0 spiro atoms.